The highest BCUT2D eigenvalue weighted by atomic mass is 32.2. The zero-order valence-corrected chi connectivity index (χ0v) is 18.0. The fourth-order valence-corrected chi connectivity index (χ4v) is 5.74. The first-order chi connectivity index (χ1) is 13.2. The summed E-state index contributed by atoms with van der Waals surface area (Å²) in [5.41, 5.74) is 2.65. The molecule has 7 nitrogen and oxygen atoms in total. The Balaban J connectivity index is 1.84. The van der Waals surface area contributed by atoms with Crippen molar-refractivity contribution < 1.29 is 22.7 Å². The lowest BCUT2D eigenvalue weighted by Gasteiger charge is -2.18. The van der Waals surface area contributed by atoms with Gasteiger partial charge in [0.2, 0.25) is 0 Å². The van der Waals surface area contributed by atoms with Crippen LogP contribution in [0, 0.1) is 19.8 Å². The number of carbonyl (C=O) groups excluding carboxylic acids is 1. The molecule has 1 aliphatic carbocycles. The number of aryl methyl sites for hydroxylation is 3. The van der Waals surface area contributed by atoms with E-state index in [0.717, 1.165) is 21.7 Å². The lowest BCUT2D eigenvalue weighted by molar-refractivity contribution is -0.148. The Morgan fingerprint density at radius 3 is 2.71 bits per heavy atom. The third-order valence-corrected chi connectivity index (χ3v) is 7.38. The minimum atomic E-state index is -3.85. The number of anilines is 1. The van der Waals surface area contributed by atoms with Gasteiger partial charge in [0.15, 0.2) is 5.13 Å². The van der Waals surface area contributed by atoms with Crippen LogP contribution in [0.5, 0.6) is 5.75 Å². The topological polar surface area (TPSA) is 94.6 Å². The van der Waals surface area contributed by atoms with E-state index in [1.165, 1.54) is 18.4 Å². The highest BCUT2D eigenvalue weighted by Crippen LogP contribution is 2.35. The molecule has 28 heavy (non-hydrogen) atoms. The van der Waals surface area contributed by atoms with Crippen LogP contribution in [0.4, 0.5) is 5.13 Å². The van der Waals surface area contributed by atoms with Gasteiger partial charge >= 0.3 is 5.97 Å². The molecule has 0 aliphatic heterocycles. The third kappa shape index (κ3) is 4.15. The number of thiazole rings is 1. The van der Waals surface area contributed by atoms with Crippen LogP contribution in [0.2, 0.25) is 0 Å². The predicted molar refractivity (Wildman–Crippen MR) is 108 cm³/mol. The summed E-state index contributed by atoms with van der Waals surface area (Å²) in [4.78, 5) is 17.4. The highest BCUT2D eigenvalue weighted by Gasteiger charge is 2.30. The molecular formula is C19H24N2O5S2. The number of rotatable bonds is 6. The minimum absolute atomic E-state index is 0.0793. The molecule has 1 unspecified atom stereocenters. The average Bonchev–Trinajstić information content (AvgIpc) is 3.04. The van der Waals surface area contributed by atoms with E-state index in [9.17, 15) is 13.2 Å². The van der Waals surface area contributed by atoms with Crippen molar-refractivity contribution in [2.45, 2.75) is 44.9 Å². The Morgan fingerprint density at radius 1 is 1.32 bits per heavy atom. The number of hydrogen-bond donors (Lipinski definition) is 1. The molecule has 3 rings (SSSR count). The lowest BCUT2D eigenvalue weighted by Crippen LogP contribution is -2.24. The summed E-state index contributed by atoms with van der Waals surface area (Å²) in [6.45, 7) is 5.89. The fraction of sp³-hybridized carbons (Fsp3) is 0.474. The van der Waals surface area contributed by atoms with Crippen molar-refractivity contribution in [2.75, 3.05) is 18.4 Å². The van der Waals surface area contributed by atoms with E-state index in [2.05, 4.69) is 9.71 Å². The van der Waals surface area contributed by atoms with E-state index in [1.807, 2.05) is 13.8 Å². The van der Waals surface area contributed by atoms with Crippen molar-refractivity contribution in [3.8, 4) is 5.75 Å². The standard InChI is InChI=1S/C19H24N2O5S2/c1-5-26-18(22)13-6-7-14-16(10-13)27-19(20-14)21-28(23,24)17-9-12(3)11(2)8-15(17)25-4/h8-9,13H,5-7,10H2,1-4H3,(H,20,21). The number of hydrogen-bond acceptors (Lipinski definition) is 7. The molecule has 0 saturated carbocycles. The number of nitrogens with zero attached hydrogens (tertiary/aromatic N) is 1. The van der Waals surface area contributed by atoms with E-state index in [0.29, 0.717) is 36.8 Å². The molecule has 0 radical (unpaired) electrons. The average molecular weight is 425 g/mol. The second-order valence-corrected chi connectivity index (χ2v) is 9.51. The predicted octanol–water partition coefficient (Wildman–Crippen LogP) is 3.24. The molecular weight excluding hydrogens is 400 g/mol. The molecule has 1 atom stereocenters. The van der Waals surface area contributed by atoms with Gasteiger partial charge in [-0.25, -0.2) is 13.4 Å². The summed E-state index contributed by atoms with van der Waals surface area (Å²) < 4.78 is 38.8. The van der Waals surface area contributed by atoms with Gasteiger partial charge in [0.25, 0.3) is 10.0 Å². The smallest absolute Gasteiger partial charge is 0.309 e. The van der Waals surface area contributed by atoms with Crippen LogP contribution in [0.25, 0.3) is 0 Å². The van der Waals surface area contributed by atoms with Gasteiger partial charge in [0, 0.05) is 4.88 Å². The number of aromatic nitrogens is 1. The third-order valence-electron chi connectivity index (χ3n) is 4.85. The zero-order valence-electron chi connectivity index (χ0n) is 16.4. The summed E-state index contributed by atoms with van der Waals surface area (Å²) >= 11 is 1.27. The number of sulfonamides is 1. The number of fused-ring (bicyclic) bond motifs is 1. The maximum atomic E-state index is 12.9. The van der Waals surface area contributed by atoms with E-state index >= 15 is 0 Å². The normalized spacial score (nSPS) is 16.4. The molecule has 152 valence electrons. The molecule has 0 saturated heterocycles. The summed E-state index contributed by atoms with van der Waals surface area (Å²) in [6, 6.07) is 3.31. The van der Waals surface area contributed by atoms with Gasteiger partial charge in [0.05, 0.1) is 25.3 Å². The Kier molecular flexibility index (Phi) is 5.95. The quantitative estimate of drug-likeness (QED) is 0.716. The molecule has 1 N–H and O–H groups in total. The molecule has 0 fully saturated rings. The number of nitrogens with one attached hydrogen (secondary N) is 1. The van der Waals surface area contributed by atoms with Crippen molar-refractivity contribution >= 4 is 32.5 Å². The molecule has 1 aromatic heterocycles. The molecule has 1 heterocycles. The minimum Gasteiger partial charge on any atom is -0.495 e. The summed E-state index contributed by atoms with van der Waals surface area (Å²) in [5, 5.41) is 0.301. The zero-order chi connectivity index (χ0) is 20.5. The maximum absolute atomic E-state index is 12.9. The van der Waals surface area contributed by atoms with Gasteiger partial charge in [-0.3, -0.25) is 9.52 Å². The monoisotopic (exact) mass is 424 g/mol. The van der Waals surface area contributed by atoms with Crippen LogP contribution < -0.4 is 9.46 Å². The largest absolute Gasteiger partial charge is 0.495 e. The molecule has 0 amide bonds. The van der Waals surface area contributed by atoms with Crippen LogP contribution in [-0.2, 0) is 32.4 Å². The van der Waals surface area contributed by atoms with Crippen molar-refractivity contribution in [3.05, 3.63) is 33.8 Å². The van der Waals surface area contributed by atoms with Gasteiger partial charge in [-0.1, -0.05) is 0 Å². The lowest BCUT2D eigenvalue weighted by atomic mass is 9.91. The highest BCUT2D eigenvalue weighted by molar-refractivity contribution is 7.93. The Labute approximate surface area is 169 Å². The SMILES string of the molecule is CCOC(=O)C1CCc2nc(NS(=O)(=O)c3cc(C)c(C)cc3OC)sc2C1. The summed E-state index contributed by atoms with van der Waals surface area (Å²) in [7, 11) is -2.41. The van der Waals surface area contributed by atoms with E-state index in [-0.39, 0.29) is 16.8 Å². The maximum Gasteiger partial charge on any atom is 0.309 e. The van der Waals surface area contributed by atoms with Crippen molar-refractivity contribution in [1.82, 2.24) is 4.98 Å². The number of benzene rings is 1. The first-order valence-corrected chi connectivity index (χ1v) is 11.4. The van der Waals surface area contributed by atoms with Gasteiger partial charge < -0.3 is 9.47 Å². The Bertz CT molecular complexity index is 998. The van der Waals surface area contributed by atoms with Crippen molar-refractivity contribution in [2.24, 2.45) is 5.92 Å². The van der Waals surface area contributed by atoms with E-state index in [1.54, 1.807) is 19.1 Å². The van der Waals surface area contributed by atoms with Crippen LogP contribution >= 0.6 is 11.3 Å². The fourth-order valence-electron chi connectivity index (χ4n) is 3.18. The first kappa shape index (κ1) is 20.6. The summed E-state index contributed by atoms with van der Waals surface area (Å²) in [6.07, 6.45) is 1.82. The van der Waals surface area contributed by atoms with Gasteiger partial charge in [-0.2, -0.15) is 0 Å². The van der Waals surface area contributed by atoms with Gasteiger partial charge in [-0.05, 0) is 63.3 Å². The van der Waals surface area contributed by atoms with Crippen LogP contribution in [0.15, 0.2) is 17.0 Å². The van der Waals surface area contributed by atoms with Crippen molar-refractivity contribution in [1.29, 1.82) is 0 Å². The summed E-state index contributed by atoms with van der Waals surface area (Å²) in [5.74, 6) is -0.111. The number of esters is 1. The van der Waals surface area contributed by atoms with Gasteiger partial charge in [0.1, 0.15) is 10.6 Å². The number of methoxy groups -OCH3 is 1. The van der Waals surface area contributed by atoms with Crippen molar-refractivity contribution in [3.63, 3.8) is 0 Å². The van der Waals surface area contributed by atoms with E-state index < -0.39 is 10.0 Å². The van der Waals surface area contributed by atoms with Crippen LogP contribution in [0.1, 0.15) is 35.0 Å². The first-order valence-electron chi connectivity index (χ1n) is 9.08. The molecule has 9 heteroatoms. The Hall–Kier alpha value is -2.13. The van der Waals surface area contributed by atoms with Crippen LogP contribution in [0.3, 0.4) is 0 Å². The van der Waals surface area contributed by atoms with E-state index in [4.69, 9.17) is 9.47 Å². The van der Waals surface area contributed by atoms with Gasteiger partial charge in [-0.15, -0.1) is 11.3 Å². The molecule has 1 aromatic carbocycles. The number of ether oxygens (including phenoxy) is 2. The molecule has 1 aliphatic rings. The van der Waals surface area contributed by atoms with Crippen LogP contribution in [-0.4, -0.2) is 33.1 Å². The molecule has 0 spiro atoms. The number of carbonyl (C=O) groups is 1. The Morgan fingerprint density at radius 2 is 2.04 bits per heavy atom. The second kappa shape index (κ2) is 8.08. The second-order valence-electron chi connectivity index (χ2n) is 6.77. The molecule has 0 bridgehead atoms. The molecule has 2 aromatic rings.